The van der Waals surface area contributed by atoms with Crippen LogP contribution < -0.4 is 5.32 Å². The summed E-state index contributed by atoms with van der Waals surface area (Å²) in [7, 11) is 0. The van der Waals surface area contributed by atoms with Crippen LogP contribution in [0.15, 0.2) is 0 Å². The molecule has 0 bridgehead atoms. The lowest BCUT2D eigenvalue weighted by Crippen LogP contribution is -2.40. The lowest BCUT2D eigenvalue weighted by atomic mass is 9.79. The fourth-order valence-electron chi connectivity index (χ4n) is 2.54. The van der Waals surface area contributed by atoms with E-state index >= 15 is 0 Å². The molecule has 0 spiro atoms. The van der Waals surface area contributed by atoms with E-state index in [-0.39, 0.29) is 5.92 Å². The van der Waals surface area contributed by atoms with Crippen LogP contribution in [0.1, 0.15) is 39.0 Å². The van der Waals surface area contributed by atoms with Gasteiger partial charge in [0.15, 0.2) is 0 Å². The van der Waals surface area contributed by atoms with Crippen LogP contribution in [0, 0.1) is 11.8 Å². The van der Waals surface area contributed by atoms with Gasteiger partial charge < -0.3 is 10.1 Å². The quantitative estimate of drug-likeness (QED) is 0.652. The number of nitrogens with one attached hydrogen (secondary N) is 1. The molecule has 1 rings (SSSR count). The molecule has 1 fully saturated rings. The number of piperidine rings is 1. The van der Waals surface area contributed by atoms with E-state index < -0.39 is 0 Å². The molecule has 0 amide bonds. The monoisotopic (exact) mass is 240 g/mol. The van der Waals surface area contributed by atoms with Gasteiger partial charge in [-0.2, -0.15) is 0 Å². The van der Waals surface area contributed by atoms with Gasteiger partial charge >= 0.3 is 6.47 Å². The van der Waals surface area contributed by atoms with E-state index in [1.54, 1.807) is 0 Å². The molecule has 0 aliphatic carbocycles. The number of ether oxygens (including phenoxy) is 1. The molecule has 0 saturated carbocycles. The molecule has 0 aromatic rings. The second-order valence-corrected chi connectivity index (χ2v) is 4.65. The minimum Gasteiger partial charge on any atom is -0.457 e. The maximum atomic E-state index is 12.0. The number of carbonyl (C=O) groups is 1. The Bertz CT molecular complexity index is 243. The third-order valence-electron chi connectivity index (χ3n) is 3.40. The molecule has 4 nitrogen and oxygen atoms in total. The molecule has 1 radical (unpaired) electrons. The van der Waals surface area contributed by atoms with Crippen LogP contribution in [0.5, 0.6) is 0 Å². The number of hydrogen-bond donors (Lipinski definition) is 1. The van der Waals surface area contributed by atoms with Crippen molar-refractivity contribution in [1.29, 1.82) is 0 Å². The molecule has 97 valence electrons. The highest BCUT2D eigenvalue weighted by molar-refractivity contribution is 5.81. The van der Waals surface area contributed by atoms with Gasteiger partial charge in [-0.1, -0.05) is 6.92 Å². The molecular formula is C13H22NO3. The molecule has 1 heterocycles. The Hall–Kier alpha value is -0.900. The first-order valence-corrected chi connectivity index (χ1v) is 6.52. The van der Waals surface area contributed by atoms with Gasteiger partial charge in [-0.05, 0) is 44.7 Å². The molecule has 2 unspecified atom stereocenters. The Morgan fingerprint density at radius 2 is 2.35 bits per heavy atom. The molecule has 1 aliphatic heterocycles. The van der Waals surface area contributed by atoms with Gasteiger partial charge in [0.2, 0.25) is 0 Å². The lowest BCUT2D eigenvalue weighted by molar-refractivity contribution is -0.125. The van der Waals surface area contributed by atoms with Gasteiger partial charge in [0.25, 0.3) is 0 Å². The zero-order chi connectivity index (χ0) is 12.5. The molecular weight excluding hydrogens is 218 g/mol. The van der Waals surface area contributed by atoms with Crippen LogP contribution in [-0.4, -0.2) is 32.0 Å². The largest absolute Gasteiger partial charge is 0.457 e. The Balaban J connectivity index is 2.36. The summed E-state index contributed by atoms with van der Waals surface area (Å²) in [5.41, 5.74) is 0. The van der Waals surface area contributed by atoms with Crippen LogP contribution >= 0.6 is 0 Å². The molecule has 4 heteroatoms. The van der Waals surface area contributed by atoms with Crippen LogP contribution in [0.4, 0.5) is 0 Å². The molecule has 17 heavy (non-hydrogen) atoms. The second kappa shape index (κ2) is 8.23. The number of ketones is 1. The first-order chi connectivity index (χ1) is 8.29. The zero-order valence-corrected chi connectivity index (χ0v) is 10.5. The van der Waals surface area contributed by atoms with E-state index in [0.717, 1.165) is 38.8 Å². The average Bonchev–Trinajstić information content (AvgIpc) is 2.35. The van der Waals surface area contributed by atoms with E-state index in [1.807, 2.05) is 6.92 Å². The average molecular weight is 240 g/mol. The summed E-state index contributed by atoms with van der Waals surface area (Å²) in [6, 6.07) is 0. The van der Waals surface area contributed by atoms with Crippen molar-refractivity contribution in [2.45, 2.75) is 39.0 Å². The summed E-state index contributed by atoms with van der Waals surface area (Å²) in [4.78, 5) is 21.9. The molecule has 1 aliphatic rings. The Morgan fingerprint density at radius 1 is 1.53 bits per heavy atom. The maximum absolute atomic E-state index is 12.0. The Labute approximate surface area is 103 Å². The summed E-state index contributed by atoms with van der Waals surface area (Å²) in [6.45, 7) is 5.73. The van der Waals surface area contributed by atoms with Crippen molar-refractivity contribution >= 4 is 12.3 Å². The summed E-state index contributed by atoms with van der Waals surface area (Å²) in [5.74, 6) is 1.01. The first kappa shape index (κ1) is 14.2. The normalized spacial score (nSPS) is 24.3. The number of Topliss-reactive ketones (excluding diaryl/α,β-unsaturated/α-hetero) is 1. The van der Waals surface area contributed by atoms with Gasteiger partial charge in [-0.15, -0.1) is 0 Å². The van der Waals surface area contributed by atoms with Crippen LogP contribution in [-0.2, 0) is 14.3 Å². The smallest absolute Gasteiger partial charge is 0.417 e. The summed E-state index contributed by atoms with van der Waals surface area (Å²) in [5, 5.41) is 3.33. The minimum atomic E-state index is 0.205. The predicted octanol–water partition coefficient (Wildman–Crippen LogP) is 1.45. The highest BCUT2D eigenvalue weighted by Gasteiger charge is 2.29. The van der Waals surface area contributed by atoms with Gasteiger partial charge in [0.05, 0.1) is 6.61 Å². The third kappa shape index (κ3) is 4.86. The summed E-state index contributed by atoms with van der Waals surface area (Å²) >= 11 is 0. The fraction of sp³-hybridized carbons (Fsp3) is 0.846. The number of rotatable bonds is 8. The summed E-state index contributed by atoms with van der Waals surface area (Å²) < 4.78 is 4.56. The molecule has 1 saturated heterocycles. The minimum absolute atomic E-state index is 0.205. The van der Waals surface area contributed by atoms with Gasteiger partial charge in [0.1, 0.15) is 5.78 Å². The molecule has 2 atom stereocenters. The highest BCUT2D eigenvalue weighted by Crippen LogP contribution is 2.25. The zero-order valence-electron chi connectivity index (χ0n) is 10.5. The highest BCUT2D eigenvalue weighted by atomic mass is 16.5. The fourth-order valence-corrected chi connectivity index (χ4v) is 2.54. The van der Waals surface area contributed by atoms with E-state index in [0.29, 0.717) is 24.7 Å². The first-order valence-electron chi connectivity index (χ1n) is 6.52. The SMILES string of the molecule is CCCC(=O)C1CCNCC1CCCO[C]=O. The standard InChI is InChI=1S/C13H22NO3/c1-2-4-13(16)12-6-7-14-9-11(12)5-3-8-17-10-15/h11-12,14H,2-9H2,1H3. The Morgan fingerprint density at radius 3 is 3.06 bits per heavy atom. The van der Waals surface area contributed by atoms with E-state index in [9.17, 15) is 9.59 Å². The van der Waals surface area contributed by atoms with Gasteiger partial charge in [-0.3, -0.25) is 4.79 Å². The van der Waals surface area contributed by atoms with Gasteiger partial charge in [-0.25, -0.2) is 4.79 Å². The number of carbonyl (C=O) groups excluding carboxylic acids is 2. The third-order valence-corrected chi connectivity index (χ3v) is 3.40. The number of hydrogen-bond acceptors (Lipinski definition) is 4. The summed E-state index contributed by atoms with van der Waals surface area (Å²) in [6.07, 6.45) is 4.33. The van der Waals surface area contributed by atoms with Crippen molar-refractivity contribution in [2.24, 2.45) is 11.8 Å². The van der Waals surface area contributed by atoms with Crippen molar-refractivity contribution in [3.8, 4) is 0 Å². The van der Waals surface area contributed by atoms with E-state index in [2.05, 4.69) is 10.1 Å². The van der Waals surface area contributed by atoms with Crippen molar-refractivity contribution in [2.75, 3.05) is 19.7 Å². The molecule has 1 N–H and O–H groups in total. The van der Waals surface area contributed by atoms with Crippen molar-refractivity contribution in [3.63, 3.8) is 0 Å². The van der Waals surface area contributed by atoms with Crippen LogP contribution in [0.2, 0.25) is 0 Å². The van der Waals surface area contributed by atoms with Gasteiger partial charge in [0, 0.05) is 12.3 Å². The molecule has 0 aromatic heterocycles. The van der Waals surface area contributed by atoms with E-state index in [1.165, 1.54) is 6.47 Å². The van der Waals surface area contributed by atoms with Crippen molar-refractivity contribution < 1.29 is 14.3 Å². The van der Waals surface area contributed by atoms with Crippen LogP contribution in [0.25, 0.3) is 0 Å². The van der Waals surface area contributed by atoms with E-state index in [4.69, 9.17) is 0 Å². The topological polar surface area (TPSA) is 55.4 Å². The molecule has 0 aromatic carbocycles. The van der Waals surface area contributed by atoms with Crippen molar-refractivity contribution in [1.82, 2.24) is 5.32 Å². The lowest BCUT2D eigenvalue weighted by Gasteiger charge is -2.31. The second-order valence-electron chi connectivity index (χ2n) is 4.65. The van der Waals surface area contributed by atoms with Crippen LogP contribution in [0.3, 0.4) is 0 Å². The Kier molecular flexibility index (Phi) is 6.86. The maximum Gasteiger partial charge on any atom is 0.417 e. The predicted molar refractivity (Wildman–Crippen MR) is 65.3 cm³/mol. The van der Waals surface area contributed by atoms with Crippen molar-refractivity contribution in [3.05, 3.63) is 0 Å².